The molecule has 0 spiro atoms. The highest BCUT2D eigenvalue weighted by Gasteiger charge is 2.40. The predicted molar refractivity (Wildman–Crippen MR) is 116 cm³/mol. The van der Waals surface area contributed by atoms with Crippen LogP contribution in [0.4, 0.5) is 5.69 Å². The first-order valence-corrected chi connectivity index (χ1v) is 11.1. The van der Waals surface area contributed by atoms with Crippen molar-refractivity contribution >= 4 is 34.8 Å². The molecule has 2 aliphatic heterocycles. The summed E-state index contributed by atoms with van der Waals surface area (Å²) < 4.78 is 6.52. The van der Waals surface area contributed by atoms with Crippen molar-refractivity contribution in [3.8, 4) is 5.75 Å². The van der Waals surface area contributed by atoms with Crippen molar-refractivity contribution in [1.29, 1.82) is 0 Å². The largest absolute Gasteiger partial charge is 0.484 e. The predicted octanol–water partition coefficient (Wildman–Crippen LogP) is 5.26. The maximum atomic E-state index is 12.0. The Hall–Kier alpha value is -1.75. The number of carbonyl (C=O) groups excluding carboxylic acids is 1. The molecule has 0 saturated carbocycles. The maximum absolute atomic E-state index is 12.0. The summed E-state index contributed by atoms with van der Waals surface area (Å²) in [4.78, 5) is 16.4. The van der Waals surface area contributed by atoms with E-state index in [1.165, 1.54) is 12.8 Å². The summed E-state index contributed by atoms with van der Waals surface area (Å²) in [7, 11) is 0. The van der Waals surface area contributed by atoms with E-state index in [-0.39, 0.29) is 18.1 Å². The van der Waals surface area contributed by atoms with Gasteiger partial charge in [0.15, 0.2) is 0 Å². The van der Waals surface area contributed by atoms with Gasteiger partial charge in [0.1, 0.15) is 11.9 Å². The van der Waals surface area contributed by atoms with E-state index in [0.717, 1.165) is 60.1 Å². The zero-order valence-corrected chi connectivity index (χ0v) is 17.8. The van der Waals surface area contributed by atoms with Crippen LogP contribution in [0, 0.1) is 0 Å². The van der Waals surface area contributed by atoms with E-state index in [0.29, 0.717) is 11.4 Å². The minimum Gasteiger partial charge on any atom is -0.484 e. The Morgan fingerprint density at radius 2 is 1.72 bits per heavy atom. The van der Waals surface area contributed by atoms with Crippen LogP contribution in [0.2, 0.25) is 10.0 Å². The highest BCUT2D eigenvalue weighted by Crippen LogP contribution is 2.43. The van der Waals surface area contributed by atoms with E-state index in [1.54, 1.807) is 0 Å². The van der Waals surface area contributed by atoms with Crippen molar-refractivity contribution in [1.82, 2.24) is 4.90 Å². The van der Waals surface area contributed by atoms with E-state index >= 15 is 0 Å². The molecule has 5 rings (SSSR count). The lowest BCUT2D eigenvalue weighted by molar-refractivity contribution is -0.117. The molecule has 6 heteroatoms. The molecule has 0 aromatic heterocycles. The molecule has 0 radical (unpaired) electrons. The number of carbonyl (C=O) groups is 1. The van der Waals surface area contributed by atoms with Crippen LogP contribution in [0.3, 0.4) is 0 Å². The van der Waals surface area contributed by atoms with Crippen LogP contribution < -0.4 is 9.64 Å². The third-order valence-electron chi connectivity index (χ3n) is 6.36. The smallest absolute Gasteiger partial charge is 0.227 e. The molecule has 1 amide bonds. The number of fused-ring (bicyclic) bond motifs is 1. The van der Waals surface area contributed by atoms with E-state index in [9.17, 15) is 4.79 Å². The van der Waals surface area contributed by atoms with Gasteiger partial charge in [-0.25, -0.2) is 0 Å². The zero-order valence-electron chi connectivity index (χ0n) is 16.2. The van der Waals surface area contributed by atoms with E-state index < -0.39 is 0 Å². The molecule has 0 bridgehead atoms. The van der Waals surface area contributed by atoms with E-state index in [1.807, 2.05) is 41.3 Å². The molecule has 2 atom stereocenters. The molecule has 152 valence electrons. The quantitative estimate of drug-likeness (QED) is 0.662. The van der Waals surface area contributed by atoms with Gasteiger partial charge in [-0.05, 0) is 80.7 Å². The van der Waals surface area contributed by atoms with E-state index in [2.05, 4.69) is 4.90 Å². The van der Waals surface area contributed by atoms with Crippen molar-refractivity contribution in [3.63, 3.8) is 0 Å². The summed E-state index contributed by atoms with van der Waals surface area (Å²) in [5.74, 6) is 1.00. The fraction of sp³-hybridized carbons (Fsp3) is 0.435. The Balaban J connectivity index is 1.42. The highest BCUT2D eigenvalue weighted by molar-refractivity contribution is 6.35. The molecular formula is C23H24Cl2N2O2. The van der Waals surface area contributed by atoms with Crippen LogP contribution in [-0.4, -0.2) is 36.5 Å². The lowest BCUT2D eigenvalue weighted by Crippen LogP contribution is -2.38. The van der Waals surface area contributed by atoms with Crippen LogP contribution in [-0.2, 0) is 11.2 Å². The molecule has 2 saturated heterocycles. The van der Waals surface area contributed by atoms with Gasteiger partial charge in [0.25, 0.3) is 0 Å². The summed E-state index contributed by atoms with van der Waals surface area (Å²) in [5.41, 5.74) is 3.18. The monoisotopic (exact) mass is 430 g/mol. The third-order valence-corrected chi connectivity index (χ3v) is 6.91. The number of hydrogen-bond donors (Lipinski definition) is 0. The molecule has 2 aromatic rings. The van der Waals surface area contributed by atoms with Crippen molar-refractivity contribution in [2.24, 2.45) is 0 Å². The normalized spacial score (nSPS) is 24.3. The second kappa shape index (κ2) is 7.82. The second-order valence-corrected chi connectivity index (χ2v) is 8.99. The maximum Gasteiger partial charge on any atom is 0.227 e. The van der Waals surface area contributed by atoms with Gasteiger partial charge in [0, 0.05) is 34.3 Å². The third kappa shape index (κ3) is 3.63. The number of amides is 1. The van der Waals surface area contributed by atoms with Crippen LogP contribution in [0.25, 0.3) is 0 Å². The number of nitrogens with zero attached hydrogens (tertiary/aromatic N) is 2. The van der Waals surface area contributed by atoms with Gasteiger partial charge < -0.3 is 9.64 Å². The van der Waals surface area contributed by atoms with Gasteiger partial charge in [-0.2, -0.15) is 0 Å². The number of ether oxygens (including phenoxy) is 1. The summed E-state index contributed by atoms with van der Waals surface area (Å²) in [5, 5.41) is 1.37. The second-order valence-electron chi connectivity index (χ2n) is 8.15. The average molecular weight is 431 g/mol. The Bertz CT molecular complexity index is 925. The van der Waals surface area contributed by atoms with Gasteiger partial charge >= 0.3 is 0 Å². The highest BCUT2D eigenvalue weighted by atomic mass is 35.5. The average Bonchev–Trinajstić information content (AvgIpc) is 3.43. The first-order valence-electron chi connectivity index (χ1n) is 10.4. The van der Waals surface area contributed by atoms with Crippen molar-refractivity contribution in [2.75, 3.05) is 24.5 Å². The van der Waals surface area contributed by atoms with Crippen molar-refractivity contribution in [2.45, 2.75) is 44.2 Å². The molecule has 0 N–H and O–H groups in total. The number of rotatable bonds is 4. The molecule has 4 nitrogen and oxygen atoms in total. The molecule has 29 heavy (non-hydrogen) atoms. The van der Waals surface area contributed by atoms with Crippen molar-refractivity contribution < 1.29 is 9.53 Å². The number of halogens is 2. The van der Waals surface area contributed by atoms with Gasteiger partial charge in [-0.1, -0.05) is 23.2 Å². The molecule has 2 unspecified atom stereocenters. The van der Waals surface area contributed by atoms with Crippen LogP contribution in [0.1, 0.15) is 42.9 Å². The Labute approximate surface area is 181 Å². The first kappa shape index (κ1) is 19.2. The Morgan fingerprint density at radius 3 is 2.41 bits per heavy atom. The van der Waals surface area contributed by atoms with Gasteiger partial charge in [-0.3, -0.25) is 9.69 Å². The van der Waals surface area contributed by atoms with Crippen molar-refractivity contribution in [3.05, 3.63) is 57.6 Å². The van der Waals surface area contributed by atoms with Gasteiger partial charge in [-0.15, -0.1) is 0 Å². The Kier molecular flexibility index (Phi) is 5.19. The van der Waals surface area contributed by atoms with Crippen LogP contribution >= 0.6 is 23.2 Å². The lowest BCUT2D eigenvalue weighted by atomic mass is 10.1. The number of anilines is 1. The lowest BCUT2D eigenvalue weighted by Gasteiger charge is -2.30. The van der Waals surface area contributed by atoms with Crippen LogP contribution in [0.15, 0.2) is 36.4 Å². The summed E-state index contributed by atoms with van der Waals surface area (Å²) in [6.07, 6.45) is 4.80. The van der Waals surface area contributed by atoms with Gasteiger partial charge in [0.05, 0.1) is 6.04 Å². The SMILES string of the molecule is O=C1CCCN1c1ccc(OC2c3cc(Cl)cc(Cl)c3CC2N2CCCC2)cc1. The molecule has 2 heterocycles. The minimum absolute atomic E-state index is 0.0985. The topological polar surface area (TPSA) is 32.8 Å². The summed E-state index contributed by atoms with van der Waals surface area (Å²) >= 11 is 12.8. The fourth-order valence-corrected chi connectivity index (χ4v) is 5.51. The van der Waals surface area contributed by atoms with E-state index in [4.69, 9.17) is 27.9 Å². The summed E-state index contributed by atoms with van der Waals surface area (Å²) in [6.45, 7) is 2.99. The molecule has 2 aromatic carbocycles. The molecular weight excluding hydrogens is 407 g/mol. The molecule has 2 fully saturated rings. The Morgan fingerprint density at radius 1 is 0.966 bits per heavy atom. The first-order chi connectivity index (χ1) is 14.1. The van der Waals surface area contributed by atoms with Crippen LogP contribution in [0.5, 0.6) is 5.75 Å². The molecule has 3 aliphatic rings. The summed E-state index contributed by atoms with van der Waals surface area (Å²) in [6, 6.07) is 12.0. The van der Waals surface area contributed by atoms with Gasteiger partial charge in [0.2, 0.25) is 5.91 Å². The fourth-order valence-electron chi connectivity index (χ4n) is 4.92. The number of likely N-dealkylation sites (tertiary alicyclic amines) is 1. The zero-order chi connectivity index (χ0) is 20.0. The number of hydrogen-bond acceptors (Lipinski definition) is 3. The molecule has 1 aliphatic carbocycles. The standard InChI is InChI=1S/C23H24Cl2N2O2/c24-15-12-19-18(20(25)13-15)14-21(26-9-1-2-10-26)23(19)29-17-7-5-16(6-8-17)27-11-3-4-22(27)28/h5-8,12-13,21,23H,1-4,9-11,14H2. The minimum atomic E-state index is -0.0985. The number of benzene rings is 2.